The van der Waals surface area contributed by atoms with Gasteiger partial charge in [0.1, 0.15) is 0 Å². The monoisotopic (exact) mass is 147 g/mol. The minimum atomic E-state index is -0.436. The normalized spacial score (nSPS) is 20.4. The molecule has 0 heterocycles. The lowest BCUT2D eigenvalue weighted by Crippen LogP contribution is -2.26. The first-order valence-electron chi connectivity index (χ1n) is 3.25. The van der Waals surface area contributed by atoms with Crippen molar-refractivity contribution in [3.05, 3.63) is 0 Å². The minimum absolute atomic E-state index is 0.386. The molecule has 0 aromatic rings. The standard InChI is InChI=1S/C7H14ClN/c1-4-6(2)7(3,8)5-9/h5-6,9H,4H2,1-3H3. The van der Waals surface area contributed by atoms with Gasteiger partial charge in [0.25, 0.3) is 0 Å². The molecule has 1 N–H and O–H groups in total. The number of nitrogens with one attached hydrogen (secondary N) is 1. The molecule has 0 aliphatic carbocycles. The summed E-state index contributed by atoms with van der Waals surface area (Å²) in [5.74, 6) is 0.386. The Morgan fingerprint density at radius 2 is 2.22 bits per heavy atom. The van der Waals surface area contributed by atoms with E-state index in [-0.39, 0.29) is 0 Å². The molecule has 0 aromatic carbocycles. The van der Waals surface area contributed by atoms with Crippen LogP contribution >= 0.6 is 11.6 Å². The van der Waals surface area contributed by atoms with Crippen molar-refractivity contribution >= 4 is 17.8 Å². The smallest absolute Gasteiger partial charge is 0.0786 e. The van der Waals surface area contributed by atoms with Crippen molar-refractivity contribution in [3.8, 4) is 0 Å². The Bertz CT molecular complexity index is 99.1. The fourth-order valence-electron chi connectivity index (χ4n) is 0.541. The highest BCUT2D eigenvalue weighted by atomic mass is 35.5. The molecule has 0 spiro atoms. The maximum Gasteiger partial charge on any atom is 0.0786 e. The molecule has 0 saturated carbocycles. The predicted molar refractivity (Wildman–Crippen MR) is 42.5 cm³/mol. The molecule has 0 radical (unpaired) electrons. The molecule has 2 atom stereocenters. The predicted octanol–water partition coefficient (Wildman–Crippen LogP) is 2.68. The molecule has 0 aromatic heterocycles. The Kier molecular flexibility index (Phi) is 3.20. The summed E-state index contributed by atoms with van der Waals surface area (Å²) in [6, 6.07) is 0. The molecule has 54 valence electrons. The van der Waals surface area contributed by atoms with Gasteiger partial charge >= 0.3 is 0 Å². The Hall–Kier alpha value is -0.0400. The van der Waals surface area contributed by atoms with Gasteiger partial charge in [0, 0.05) is 6.21 Å². The van der Waals surface area contributed by atoms with E-state index in [2.05, 4.69) is 13.8 Å². The minimum Gasteiger partial charge on any atom is -0.311 e. The zero-order chi connectivity index (χ0) is 7.49. The van der Waals surface area contributed by atoms with Crippen molar-refractivity contribution in [1.82, 2.24) is 0 Å². The molecule has 0 bridgehead atoms. The molecule has 0 fully saturated rings. The summed E-state index contributed by atoms with van der Waals surface area (Å²) in [6.07, 6.45) is 2.33. The van der Waals surface area contributed by atoms with Crippen molar-refractivity contribution in [1.29, 1.82) is 5.41 Å². The lowest BCUT2D eigenvalue weighted by Gasteiger charge is -2.22. The van der Waals surface area contributed by atoms with E-state index in [1.54, 1.807) is 0 Å². The average molecular weight is 148 g/mol. The number of alkyl halides is 1. The van der Waals surface area contributed by atoms with E-state index in [4.69, 9.17) is 17.0 Å². The lowest BCUT2D eigenvalue weighted by molar-refractivity contribution is 0.501. The molecule has 0 saturated heterocycles. The van der Waals surface area contributed by atoms with Crippen LogP contribution in [0.4, 0.5) is 0 Å². The van der Waals surface area contributed by atoms with E-state index in [9.17, 15) is 0 Å². The highest BCUT2D eigenvalue weighted by Gasteiger charge is 2.23. The summed E-state index contributed by atoms with van der Waals surface area (Å²) < 4.78 is 0. The van der Waals surface area contributed by atoms with Crippen LogP contribution in [0, 0.1) is 11.3 Å². The van der Waals surface area contributed by atoms with Gasteiger partial charge in [0.15, 0.2) is 0 Å². The first kappa shape index (κ1) is 8.96. The Morgan fingerprint density at radius 1 is 1.78 bits per heavy atom. The molecule has 2 unspecified atom stereocenters. The van der Waals surface area contributed by atoms with E-state index in [0.29, 0.717) is 5.92 Å². The topological polar surface area (TPSA) is 23.9 Å². The molecule has 9 heavy (non-hydrogen) atoms. The third kappa shape index (κ3) is 2.35. The van der Waals surface area contributed by atoms with Gasteiger partial charge in [-0.3, -0.25) is 0 Å². The molecule has 0 amide bonds. The Balaban J connectivity index is 3.95. The average Bonchev–Trinajstić information content (AvgIpc) is 1.86. The van der Waals surface area contributed by atoms with Gasteiger partial charge in [-0.05, 0) is 12.8 Å². The number of rotatable bonds is 3. The first-order chi connectivity index (χ1) is 4.04. The summed E-state index contributed by atoms with van der Waals surface area (Å²) >= 11 is 5.93. The van der Waals surface area contributed by atoms with Crippen LogP contribution in [0.3, 0.4) is 0 Å². The Labute approximate surface area is 61.9 Å². The number of hydrogen-bond acceptors (Lipinski definition) is 1. The molecule has 2 heteroatoms. The van der Waals surface area contributed by atoms with Gasteiger partial charge in [0.05, 0.1) is 4.87 Å². The first-order valence-corrected chi connectivity index (χ1v) is 3.63. The maximum atomic E-state index is 6.98. The summed E-state index contributed by atoms with van der Waals surface area (Å²) in [4.78, 5) is -0.436. The zero-order valence-electron chi connectivity index (χ0n) is 6.24. The van der Waals surface area contributed by atoms with Gasteiger partial charge in [0.2, 0.25) is 0 Å². The fraction of sp³-hybridized carbons (Fsp3) is 0.857. The maximum absolute atomic E-state index is 6.98. The van der Waals surface area contributed by atoms with Crippen LogP contribution in [0.2, 0.25) is 0 Å². The highest BCUT2D eigenvalue weighted by molar-refractivity contribution is 6.31. The molecular weight excluding hydrogens is 134 g/mol. The van der Waals surface area contributed by atoms with Crippen LogP contribution in [0.15, 0.2) is 0 Å². The summed E-state index contributed by atoms with van der Waals surface area (Å²) in [6.45, 7) is 6.00. The van der Waals surface area contributed by atoms with Gasteiger partial charge in [-0.15, -0.1) is 11.6 Å². The van der Waals surface area contributed by atoms with Crippen molar-refractivity contribution in [2.75, 3.05) is 0 Å². The summed E-state index contributed by atoms with van der Waals surface area (Å²) in [5, 5.41) is 6.98. The lowest BCUT2D eigenvalue weighted by atomic mass is 9.94. The highest BCUT2D eigenvalue weighted by Crippen LogP contribution is 2.24. The van der Waals surface area contributed by atoms with Crippen molar-refractivity contribution in [2.45, 2.75) is 32.1 Å². The van der Waals surface area contributed by atoms with Crippen LogP contribution in [0.1, 0.15) is 27.2 Å². The van der Waals surface area contributed by atoms with E-state index < -0.39 is 4.87 Å². The van der Waals surface area contributed by atoms with Crippen LogP contribution in [0.25, 0.3) is 0 Å². The van der Waals surface area contributed by atoms with Crippen LogP contribution in [0.5, 0.6) is 0 Å². The van der Waals surface area contributed by atoms with Crippen LogP contribution < -0.4 is 0 Å². The van der Waals surface area contributed by atoms with E-state index in [1.165, 1.54) is 6.21 Å². The van der Waals surface area contributed by atoms with Crippen LogP contribution in [-0.2, 0) is 0 Å². The summed E-state index contributed by atoms with van der Waals surface area (Å²) in [5.41, 5.74) is 0. The number of hydrogen-bond donors (Lipinski definition) is 1. The van der Waals surface area contributed by atoms with Gasteiger partial charge in [-0.25, -0.2) is 0 Å². The molecule has 0 aliphatic rings. The molecule has 0 aliphatic heterocycles. The second kappa shape index (κ2) is 3.21. The van der Waals surface area contributed by atoms with Gasteiger partial charge in [-0.1, -0.05) is 20.3 Å². The second-order valence-corrected chi connectivity index (χ2v) is 3.42. The quantitative estimate of drug-likeness (QED) is 0.469. The van der Waals surface area contributed by atoms with Crippen molar-refractivity contribution < 1.29 is 0 Å². The largest absolute Gasteiger partial charge is 0.311 e. The third-order valence-corrected chi connectivity index (χ3v) is 2.34. The van der Waals surface area contributed by atoms with Crippen molar-refractivity contribution in [2.24, 2.45) is 5.92 Å². The van der Waals surface area contributed by atoms with E-state index in [0.717, 1.165) is 6.42 Å². The molecule has 1 nitrogen and oxygen atoms in total. The number of halogens is 1. The molecule has 0 rings (SSSR count). The van der Waals surface area contributed by atoms with E-state index in [1.807, 2.05) is 6.92 Å². The zero-order valence-corrected chi connectivity index (χ0v) is 7.00. The van der Waals surface area contributed by atoms with E-state index >= 15 is 0 Å². The third-order valence-electron chi connectivity index (χ3n) is 1.86. The molecular formula is C7H14ClN. The SMILES string of the molecule is CCC(C)C(C)(Cl)C=N. The fourth-order valence-corrected chi connectivity index (χ4v) is 0.696. The summed E-state index contributed by atoms with van der Waals surface area (Å²) in [7, 11) is 0. The van der Waals surface area contributed by atoms with Crippen molar-refractivity contribution in [3.63, 3.8) is 0 Å². The Morgan fingerprint density at radius 3 is 2.33 bits per heavy atom. The second-order valence-electron chi connectivity index (χ2n) is 2.60. The van der Waals surface area contributed by atoms with Gasteiger partial charge in [-0.2, -0.15) is 0 Å². The van der Waals surface area contributed by atoms with Crippen LogP contribution in [-0.4, -0.2) is 11.1 Å². The van der Waals surface area contributed by atoms with Gasteiger partial charge < -0.3 is 5.41 Å².